The Morgan fingerprint density at radius 2 is 2.00 bits per heavy atom. The van der Waals surface area contributed by atoms with Gasteiger partial charge in [0.2, 0.25) is 0 Å². The van der Waals surface area contributed by atoms with Crippen molar-refractivity contribution >= 4 is 0 Å². The van der Waals surface area contributed by atoms with E-state index in [2.05, 4.69) is 0 Å². The Hall–Kier alpha value is -0.960. The van der Waals surface area contributed by atoms with Gasteiger partial charge in [0.15, 0.2) is 11.6 Å². The number of benzene rings is 1. The molecule has 3 unspecified atom stereocenters. The average Bonchev–Trinajstić information content (AvgIpc) is 2.86. The smallest absolute Gasteiger partial charge is 0.159 e. The van der Waals surface area contributed by atoms with E-state index in [0.717, 1.165) is 18.6 Å². The molecule has 2 rings (SSSR count). The van der Waals surface area contributed by atoms with E-state index in [1.807, 2.05) is 6.92 Å². The van der Waals surface area contributed by atoms with E-state index in [1.54, 1.807) is 0 Å². The fourth-order valence-corrected chi connectivity index (χ4v) is 1.73. The molecule has 1 aromatic carbocycles. The fraction of sp³-hybridized carbons (Fsp3) is 0.455. The zero-order chi connectivity index (χ0) is 10.3. The molecule has 76 valence electrons. The fourth-order valence-electron chi connectivity index (χ4n) is 1.73. The highest BCUT2D eigenvalue weighted by Crippen LogP contribution is 2.46. The lowest BCUT2D eigenvalue weighted by atomic mass is 10.0. The largest absolute Gasteiger partial charge is 0.388 e. The maximum atomic E-state index is 12.8. The van der Waals surface area contributed by atoms with Crippen LogP contribution in [-0.2, 0) is 0 Å². The maximum Gasteiger partial charge on any atom is 0.159 e. The van der Waals surface area contributed by atoms with Crippen molar-refractivity contribution in [1.29, 1.82) is 0 Å². The van der Waals surface area contributed by atoms with Crippen molar-refractivity contribution in [3.05, 3.63) is 35.4 Å². The monoisotopic (exact) mass is 198 g/mol. The Morgan fingerprint density at radius 1 is 1.36 bits per heavy atom. The van der Waals surface area contributed by atoms with Crippen LogP contribution in [0.2, 0.25) is 0 Å². The molecule has 0 amide bonds. The Kier molecular flexibility index (Phi) is 2.27. The van der Waals surface area contributed by atoms with Crippen LogP contribution < -0.4 is 0 Å². The van der Waals surface area contributed by atoms with Crippen LogP contribution in [0.1, 0.15) is 25.0 Å². The molecule has 1 aliphatic carbocycles. The molecule has 0 aliphatic heterocycles. The lowest BCUT2D eigenvalue weighted by Gasteiger charge is -2.10. The number of aliphatic hydroxyl groups excluding tert-OH is 1. The highest BCUT2D eigenvalue weighted by atomic mass is 19.2. The predicted molar refractivity (Wildman–Crippen MR) is 48.6 cm³/mol. The van der Waals surface area contributed by atoms with Crippen molar-refractivity contribution in [1.82, 2.24) is 0 Å². The predicted octanol–water partition coefficient (Wildman–Crippen LogP) is 2.65. The van der Waals surface area contributed by atoms with Crippen LogP contribution in [0, 0.1) is 23.5 Å². The summed E-state index contributed by atoms with van der Waals surface area (Å²) in [5.74, 6) is -1.07. The number of rotatable bonds is 2. The summed E-state index contributed by atoms with van der Waals surface area (Å²) in [6.07, 6.45) is 0.306. The second-order valence-electron chi connectivity index (χ2n) is 4.00. The van der Waals surface area contributed by atoms with Crippen LogP contribution in [0.5, 0.6) is 0 Å². The van der Waals surface area contributed by atoms with Gasteiger partial charge >= 0.3 is 0 Å². The second kappa shape index (κ2) is 3.31. The lowest BCUT2D eigenvalue weighted by molar-refractivity contribution is 0.147. The summed E-state index contributed by atoms with van der Waals surface area (Å²) in [7, 11) is 0. The molecule has 1 nitrogen and oxygen atoms in total. The van der Waals surface area contributed by atoms with Gasteiger partial charge in [0.1, 0.15) is 0 Å². The van der Waals surface area contributed by atoms with Crippen molar-refractivity contribution in [3.63, 3.8) is 0 Å². The minimum atomic E-state index is -0.894. The van der Waals surface area contributed by atoms with Gasteiger partial charge in [0.25, 0.3) is 0 Å². The topological polar surface area (TPSA) is 20.2 Å². The third kappa shape index (κ3) is 1.64. The molecule has 0 aromatic heterocycles. The minimum Gasteiger partial charge on any atom is -0.388 e. The van der Waals surface area contributed by atoms with E-state index in [0.29, 0.717) is 11.5 Å². The van der Waals surface area contributed by atoms with Crippen molar-refractivity contribution in [2.45, 2.75) is 19.4 Å². The summed E-state index contributed by atoms with van der Waals surface area (Å²) in [6, 6.07) is 3.57. The molecular formula is C11H12F2O. The van der Waals surface area contributed by atoms with E-state index in [9.17, 15) is 13.9 Å². The van der Waals surface area contributed by atoms with Gasteiger partial charge in [0, 0.05) is 0 Å². The third-order valence-electron chi connectivity index (χ3n) is 2.86. The van der Waals surface area contributed by atoms with Gasteiger partial charge in [-0.3, -0.25) is 0 Å². The maximum absolute atomic E-state index is 12.8. The zero-order valence-electron chi connectivity index (χ0n) is 7.87. The van der Waals surface area contributed by atoms with Gasteiger partial charge in [-0.1, -0.05) is 13.0 Å². The molecule has 1 fully saturated rings. The molecular weight excluding hydrogens is 186 g/mol. The summed E-state index contributed by atoms with van der Waals surface area (Å²) in [4.78, 5) is 0. The molecule has 3 heteroatoms. The van der Waals surface area contributed by atoms with E-state index in [4.69, 9.17) is 0 Å². The van der Waals surface area contributed by atoms with Crippen LogP contribution in [0.25, 0.3) is 0 Å². The van der Waals surface area contributed by atoms with Crippen molar-refractivity contribution in [3.8, 4) is 0 Å². The van der Waals surface area contributed by atoms with Crippen molar-refractivity contribution in [2.75, 3.05) is 0 Å². The Morgan fingerprint density at radius 3 is 2.50 bits per heavy atom. The second-order valence-corrected chi connectivity index (χ2v) is 4.00. The van der Waals surface area contributed by atoms with Crippen LogP contribution in [-0.4, -0.2) is 5.11 Å². The number of aliphatic hydroxyl groups is 1. The molecule has 1 aromatic rings. The summed E-state index contributed by atoms with van der Waals surface area (Å²) >= 11 is 0. The van der Waals surface area contributed by atoms with E-state index < -0.39 is 17.7 Å². The van der Waals surface area contributed by atoms with Gasteiger partial charge in [-0.05, 0) is 36.0 Å². The molecule has 0 saturated heterocycles. The van der Waals surface area contributed by atoms with Crippen LogP contribution >= 0.6 is 0 Å². The average molecular weight is 198 g/mol. The molecule has 1 saturated carbocycles. The number of halogens is 2. The Balaban J connectivity index is 2.20. The molecule has 0 bridgehead atoms. The van der Waals surface area contributed by atoms with Crippen molar-refractivity contribution < 1.29 is 13.9 Å². The number of hydrogen-bond donors (Lipinski definition) is 1. The van der Waals surface area contributed by atoms with Gasteiger partial charge < -0.3 is 5.11 Å². The van der Waals surface area contributed by atoms with Gasteiger partial charge in [-0.2, -0.15) is 0 Å². The first kappa shape index (κ1) is 9.59. The minimum absolute atomic E-state index is 0.208. The van der Waals surface area contributed by atoms with Crippen LogP contribution in [0.4, 0.5) is 8.78 Å². The highest BCUT2D eigenvalue weighted by Gasteiger charge is 2.39. The lowest BCUT2D eigenvalue weighted by Crippen LogP contribution is -2.02. The summed E-state index contributed by atoms with van der Waals surface area (Å²) in [6.45, 7) is 2.04. The normalized spacial score (nSPS) is 27.4. The van der Waals surface area contributed by atoms with Gasteiger partial charge in [0.05, 0.1) is 6.10 Å². The van der Waals surface area contributed by atoms with Crippen molar-refractivity contribution in [2.24, 2.45) is 11.8 Å². The zero-order valence-corrected chi connectivity index (χ0v) is 7.87. The Labute approximate surface area is 81.4 Å². The first-order valence-electron chi connectivity index (χ1n) is 4.72. The molecule has 1 N–H and O–H groups in total. The Bertz CT molecular complexity index is 351. The van der Waals surface area contributed by atoms with E-state index in [-0.39, 0.29) is 5.92 Å². The molecule has 0 spiro atoms. The first-order valence-corrected chi connectivity index (χ1v) is 4.72. The third-order valence-corrected chi connectivity index (χ3v) is 2.86. The van der Waals surface area contributed by atoms with Gasteiger partial charge in [-0.15, -0.1) is 0 Å². The highest BCUT2D eigenvalue weighted by molar-refractivity contribution is 5.22. The standard InChI is InChI=1S/C11H12F2O/c1-6-4-8(6)11(14)7-2-3-9(12)10(13)5-7/h2-3,5-6,8,11,14H,4H2,1H3. The first-order chi connectivity index (χ1) is 6.59. The van der Waals surface area contributed by atoms with Crippen LogP contribution in [0.15, 0.2) is 18.2 Å². The van der Waals surface area contributed by atoms with E-state index in [1.165, 1.54) is 6.07 Å². The summed E-state index contributed by atoms with van der Waals surface area (Å²) < 4.78 is 25.4. The molecule has 14 heavy (non-hydrogen) atoms. The SMILES string of the molecule is CC1CC1C(O)c1ccc(F)c(F)c1. The molecule has 3 atom stereocenters. The summed E-state index contributed by atoms with van der Waals surface area (Å²) in [5.41, 5.74) is 0.471. The summed E-state index contributed by atoms with van der Waals surface area (Å²) in [5, 5.41) is 9.76. The van der Waals surface area contributed by atoms with Crippen LogP contribution in [0.3, 0.4) is 0 Å². The number of hydrogen-bond acceptors (Lipinski definition) is 1. The quantitative estimate of drug-likeness (QED) is 0.774. The molecule has 1 aliphatic rings. The van der Waals surface area contributed by atoms with Gasteiger partial charge in [-0.25, -0.2) is 8.78 Å². The van der Waals surface area contributed by atoms with E-state index >= 15 is 0 Å². The molecule has 0 radical (unpaired) electrons. The molecule has 0 heterocycles.